The first-order valence-electron chi connectivity index (χ1n) is 8.35. The Bertz CT molecular complexity index is 689. The Labute approximate surface area is 148 Å². The van der Waals surface area contributed by atoms with E-state index < -0.39 is 0 Å². The molecule has 1 saturated heterocycles. The van der Waals surface area contributed by atoms with Crippen molar-refractivity contribution < 1.29 is 4.79 Å². The van der Waals surface area contributed by atoms with Gasteiger partial charge in [0.05, 0.1) is 5.75 Å². The van der Waals surface area contributed by atoms with Gasteiger partial charge in [-0.3, -0.25) is 4.79 Å². The van der Waals surface area contributed by atoms with E-state index in [4.69, 9.17) is 5.73 Å². The quantitative estimate of drug-likeness (QED) is 0.909. The predicted octanol–water partition coefficient (Wildman–Crippen LogP) is 3.18. The van der Waals surface area contributed by atoms with Crippen LogP contribution in [0.4, 0.5) is 0 Å². The van der Waals surface area contributed by atoms with E-state index >= 15 is 0 Å². The smallest absolute Gasteiger partial charge is 0.232 e. The zero-order valence-corrected chi connectivity index (χ0v) is 14.8. The second-order valence-corrected chi connectivity index (χ2v) is 7.45. The predicted molar refractivity (Wildman–Crippen MR) is 101 cm³/mol. The molecule has 2 aromatic rings. The second-order valence-electron chi connectivity index (χ2n) is 6.46. The van der Waals surface area contributed by atoms with Crippen LogP contribution in [0.2, 0.25) is 0 Å². The number of aryl methyl sites for hydroxylation is 1. The number of amides is 1. The molecule has 2 N–H and O–H groups in total. The molecule has 4 heteroatoms. The Morgan fingerprint density at radius 2 is 1.96 bits per heavy atom. The summed E-state index contributed by atoms with van der Waals surface area (Å²) in [5.74, 6) is 1.83. The standard InChI is InChI=1S/C20H24N2OS/c1-15-6-5-7-16(10-15)13-24-14-20(23)22-11-18(19(21)12-22)17-8-3-2-4-9-17/h2-10,18-19H,11-14,21H2,1H3/t18-,19+/m0/s1. The summed E-state index contributed by atoms with van der Waals surface area (Å²) in [5.41, 5.74) is 10.0. The minimum absolute atomic E-state index is 0.0260. The summed E-state index contributed by atoms with van der Waals surface area (Å²) in [6.45, 7) is 3.48. The minimum atomic E-state index is 0.0260. The van der Waals surface area contributed by atoms with Crippen LogP contribution in [-0.2, 0) is 10.5 Å². The summed E-state index contributed by atoms with van der Waals surface area (Å²) >= 11 is 1.68. The van der Waals surface area contributed by atoms with Gasteiger partial charge in [-0.05, 0) is 18.1 Å². The van der Waals surface area contributed by atoms with Gasteiger partial charge in [0.2, 0.25) is 5.91 Å². The molecule has 0 aliphatic carbocycles. The molecule has 1 fully saturated rings. The molecule has 0 saturated carbocycles. The highest BCUT2D eigenvalue weighted by atomic mass is 32.2. The molecular formula is C20H24N2OS. The molecule has 0 radical (unpaired) electrons. The van der Waals surface area contributed by atoms with E-state index in [1.165, 1.54) is 16.7 Å². The van der Waals surface area contributed by atoms with Crippen LogP contribution in [0.25, 0.3) is 0 Å². The zero-order valence-electron chi connectivity index (χ0n) is 14.0. The third-order valence-corrected chi connectivity index (χ3v) is 5.51. The third kappa shape index (κ3) is 4.19. The molecule has 1 aliphatic rings. The number of likely N-dealkylation sites (tertiary alicyclic amines) is 1. The first kappa shape index (κ1) is 17.1. The summed E-state index contributed by atoms with van der Waals surface area (Å²) in [6.07, 6.45) is 0. The maximum absolute atomic E-state index is 12.5. The van der Waals surface area contributed by atoms with Gasteiger partial charge in [0, 0.05) is 30.8 Å². The molecule has 2 aromatic carbocycles. The number of carbonyl (C=O) groups is 1. The number of nitrogens with two attached hydrogens (primary N) is 1. The summed E-state index contributed by atoms with van der Waals surface area (Å²) in [6, 6.07) is 18.7. The number of hydrogen-bond acceptors (Lipinski definition) is 3. The summed E-state index contributed by atoms with van der Waals surface area (Å²) in [4.78, 5) is 14.4. The number of hydrogen-bond donors (Lipinski definition) is 1. The van der Waals surface area contributed by atoms with E-state index in [0.717, 1.165) is 12.3 Å². The van der Waals surface area contributed by atoms with Gasteiger partial charge >= 0.3 is 0 Å². The third-order valence-electron chi connectivity index (χ3n) is 4.52. The van der Waals surface area contributed by atoms with E-state index in [-0.39, 0.29) is 17.9 Å². The highest BCUT2D eigenvalue weighted by Gasteiger charge is 2.33. The van der Waals surface area contributed by atoms with Crippen LogP contribution in [0.1, 0.15) is 22.6 Å². The van der Waals surface area contributed by atoms with Crippen molar-refractivity contribution in [1.82, 2.24) is 4.90 Å². The molecule has 0 spiro atoms. The molecule has 1 heterocycles. The molecular weight excluding hydrogens is 316 g/mol. The largest absolute Gasteiger partial charge is 0.340 e. The van der Waals surface area contributed by atoms with Gasteiger partial charge in [0.1, 0.15) is 0 Å². The Morgan fingerprint density at radius 3 is 2.71 bits per heavy atom. The Morgan fingerprint density at radius 1 is 1.17 bits per heavy atom. The zero-order chi connectivity index (χ0) is 16.9. The lowest BCUT2D eigenvalue weighted by Crippen LogP contribution is -2.33. The average molecular weight is 340 g/mol. The van der Waals surface area contributed by atoms with Gasteiger partial charge in [0.25, 0.3) is 0 Å². The molecule has 0 bridgehead atoms. The van der Waals surface area contributed by atoms with Crippen LogP contribution in [0.5, 0.6) is 0 Å². The number of benzene rings is 2. The number of thioether (sulfide) groups is 1. The molecule has 126 valence electrons. The van der Waals surface area contributed by atoms with Crippen molar-refractivity contribution in [3.63, 3.8) is 0 Å². The van der Waals surface area contributed by atoms with E-state index in [1.807, 2.05) is 23.1 Å². The van der Waals surface area contributed by atoms with Gasteiger partial charge in [-0.25, -0.2) is 0 Å². The topological polar surface area (TPSA) is 46.3 Å². The monoisotopic (exact) mass is 340 g/mol. The lowest BCUT2D eigenvalue weighted by atomic mass is 9.95. The highest BCUT2D eigenvalue weighted by molar-refractivity contribution is 7.99. The van der Waals surface area contributed by atoms with Crippen molar-refractivity contribution in [3.8, 4) is 0 Å². The van der Waals surface area contributed by atoms with Gasteiger partial charge in [-0.2, -0.15) is 0 Å². The lowest BCUT2D eigenvalue weighted by Gasteiger charge is -2.16. The van der Waals surface area contributed by atoms with Crippen molar-refractivity contribution in [2.45, 2.75) is 24.6 Å². The highest BCUT2D eigenvalue weighted by Crippen LogP contribution is 2.27. The van der Waals surface area contributed by atoms with Gasteiger partial charge in [0.15, 0.2) is 0 Å². The Balaban J connectivity index is 1.51. The number of nitrogens with zero attached hydrogens (tertiary/aromatic N) is 1. The van der Waals surface area contributed by atoms with Crippen LogP contribution < -0.4 is 5.73 Å². The van der Waals surface area contributed by atoms with E-state index in [0.29, 0.717) is 12.3 Å². The number of carbonyl (C=O) groups excluding carboxylic acids is 1. The molecule has 3 nitrogen and oxygen atoms in total. The van der Waals surface area contributed by atoms with Crippen LogP contribution in [-0.4, -0.2) is 35.7 Å². The van der Waals surface area contributed by atoms with E-state index in [2.05, 4.69) is 43.3 Å². The molecule has 1 amide bonds. The maximum Gasteiger partial charge on any atom is 0.232 e. The SMILES string of the molecule is Cc1cccc(CSCC(=O)N2C[C@@H](N)[C@H](c3ccccc3)C2)c1. The molecule has 0 unspecified atom stereocenters. The van der Waals surface area contributed by atoms with Crippen LogP contribution in [0.15, 0.2) is 54.6 Å². The average Bonchev–Trinajstić information content (AvgIpc) is 2.98. The van der Waals surface area contributed by atoms with E-state index in [1.54, 1.807) is 11.8 Å². The fraction of sp³-hybridized carbons (Fsp3) is 0.350. The minimum Gasteiger partial charge on any atom is -0.340 e. The number of rotatable bonds is 5. The fourth-order valence-corrected chi connectivity index (χ4v) is 4.11. The maximum atomic E-state index is 12.5. The van der Waals surface area contributed by atoms with Crippen molar-refractivity contribution in [3.05, 3.63) is 71.3 Å². The van der Waals surface area contributed by atoms with Crippen molar-refractivity contribution in [2.24, 2.45) is 5.73 Å². The summed E-state index contributed by atoms with van der Waals surface area (Å²) in [5, 5.41) is 0. The summed E-state index contributed by atoms with van der Waals surface area (Å²) in [7, 11) is 0. The first-order chi connectivity index (χ1) is 11.6. The second kappa shape index (κ2) is 7.86. The first-order valence-corrected chi connectivity index (χ1v) is 9.50. The normalized spacial score (nSPS) is 20.3. The molecule has 2 atom stereocenters. The van der Waals surface area contributed by atoms with Gasteiger partial charge in [-0.1, -0.05) is 60.2 Å². The van der Waals surface area contributed by atoms with Crippen molar-refractivity contribution >= 4 is 17.7 Å². The van der Waals surface area contributed by atoms with Gasteiger partial charge < -0.3 is 10.6 Å². The fourth-order valence-electron chi connectivity index (χ4n) is 3.23. The Kier molecular flexibility index (Phi) is 5.59. The molecule has 3 rings (SSSR count). The van der Waals surface area contributed by atoms with Crippen molar-refractivity contribution in [2.75, 3.05) is 18.8 Å². The van der Waals surface area contributed by atoms with E-state index in [9.17, 15) is 4.79 Å². The lowest BCUT2D eigenvalue weighted by molar-refractivity contribution is -0.127. The van der Waals surface area contributed by atoms with Crippen LogP contribution in [0, 0.1) is 6.92 Å². The molecule has 0 aromatic heterocycles. The van der Waals surface area contributed by atoms with Crippen molar-refractivity contribution in [1.29, 1.82) is 0 Å². The summed E-state index contributed by atoms with van der Waals surface area (Å²) < 4.78 is 0. The molecule has 1 aliphatic heterocycles. The van der Waals surface area contributed by atoms with Gasteiger partial charge in [-0.15, -0.1) is 11.8 Å². The van der Waals surface area contributed by atoms with Crippen LogP contribution >= 0.6 is 11.8 Å². The molecule has 24 heavy (non-hydrogen) atoms. The Hall–Kier alpha value is -1.78. The van der Waals surface area contributed by atoms with Crippen LogP contribution in [0.3, 0.4) is 0 Å².